The summed E-state index contributed by atoms with van der Waals surface area (Å²) in [6, 6.07) is 17.4. The fourth-order valence-corrected chi connectivity index (χ4v) is 4.58. The van der Waals surface area contributed by atoms with Crippen LogP contribution in [0.15, 0.2) is 53.6 Å². The number of hydrazone groups is 1. The second-order valence-electron chi connectivity index (χ2n) is 9.18. The first-order valence-electron chi connectivity index (χ1n) is 11.3. The largest absolute Gasteiger partial charge is 0.378 e. The predicted molar refractivity (Wildman–Crippen MR) is 126 cm³/mol. The van der Waals surface area contributed by atoms with Crippen molar-refractivity contribution < 1.29 is 4.79 Å². The lowest BCUT2D eigenvalue weighted by Crippen LogP contribution is -2.32. The molecule has 0 spiro atoms. The minimum atomic E-state index is 0.318. The molecule has 0 radical (unpaired) electrons. The summed E-state index contributed by atoms with van der Waals surface area (Å²) in [5.74, 6) is 2.27. The molecule has 5 rings (SSSR count). The van der Waals surface area contributed by atoms with Crippen molar-refractivity contribution in [3.63, 3.8) is 0 Å². The van der Waals surface area contributed by atoms with E-state index in [4.69, 9.17) is 0 Å². The van der Waals surface area contributed by atoms with Crippen molar-refractivity contribution in [3.05, 3.63) is 48.5 Å². The van der Waals surface area contributed by atoms with Gasteiger partial charge in [-0.1, -0.05) is 24.3 Å². The number of amides is 1. The van der Waals surface area contributed by atoms with Crippen LogP contribution in [0.25, 0.3) is 11.1 Å². The van der Waals surface area contributed by atoms with Gasteiger partial charge in [0.2, 0.25) is 5.91 Å². The maximum absolute atomic E-state index is 12.3. The number of hydrogen-bond acceptors (Lipinski definition) is 5. The standard InChI is InChI=1S/C25H31N5O/c1-28(2)22-9-5-19(6-10-22)20-7-11-23(12-8-20)30-17-26-27-24(30)15-18-13-14-29(16-18)25(31)21-3-4-21/h5-12,18,21,26H,3-4,13-17H2,1-2H3/t18-/m0/s1. The molecule has 1 aliphatic carbocycles. The number of amidine groups is 1. The molecule has 2 aromatic rings. The molecule has 0 bridgehead atoms. The fourth-order valence-electron chi connectivity index (χ4n) is 4.58. The SMILES string of the molecule is CN(C)c1ccc(-c2ccc(N3CNN=C3C[C@@H]3CCN(C(=O)C4CC4)C3)cc2)cc1. The molecule has 1 N–H and O–H groups in total. The third-order valence-electron chi connectivity index (χ3n) is 6.64. The van der Waals surface area contributed by atoms with Gasteiger partial charge in [0.1, 0.15) is 12.5 Å². The van der Waals surface area contributed by atoms with Crippen LogP contribution in [0.1, 0.15) is 25.7 Å². The van der Waals surface area contributed by atoms with Gasteiger partial charge in [-0.15, -0.1) is 0 Å². The Bertz CT molecular complexity index is 962. The zero-order valence-corrected chi connectivity index (χ0v) is 18.4. The van der Waals surface area contributed by atoms with Gasteiger partial charge in [0, 0.05) is 50.9 Å². The number of hydrogen-bond donors (Lipinski definition) is 1. The summed E-state index contributed by atoms with van der Waals surface area (Å²) in [4.78, 5) is 18.8. The van der Waals surface area contributed by atoms with Gasteiger partial charge in [-0.3, -0.25) is 10.2 Å². The quantitative estimate of drug-likeness (QED) is 0.778. The molecule has 6 heteroatoms. The summed E-state index contributed by atoms with van der Waals surface area (Å²) in [6.07, 6.45) is 4.16. The Labute approximate surface area is 184 Å². The Hall–Kier alpha value is -3.02. The van der Waals surface area contributed by atoms with Crippen molar-refractivity contribution in [1.29, 1.82) is 0 Å². The molecule has 0 unspecified atom stereocenters. The summed E-state index contributed by atoms with van der Waals surface area (Å²) in [6.45, 7) is 2.48. The van der Waals surface area contributed by atoms with E-state index in [-0.39, 0.29) is 0 Å². The molecule has 6 nitrogen and oxygen atoms in total. The lowest BCUT2D eigenvalue weighted by Gasteiger charge is -2.22. The van der Waals surface area contributed by atoms with Crippen molar-refractivity contribution in [1.82, 2.24) is 10.3 Å². The average Bonchev–Trinajstić information content (AvgIpc) is 3.37. The predicted octanol–water partition coefficient (Wildman–Crippen LogP) is 3.75. The molecule has 31 heavy (non-hydrogen) atoms. The van der Waals surface area contributed by atoms with E-state index >= 15 is 0 Å². The van der Waals surface area contributed by atoms with Crippen molar-refractivity contribution >= 4 is 23.1 Å². The van der Waals surface area contributed by atoms with E-state index in [0.29, 0.717) is 24.4 Å². The minimum Gasteiger partial charge on any atom is -0.378 e. The van der Waals surface area contributed by atoms with E-state index < -0.39 is 0 Å². The van der Waals surface area contributed by atoms with Crippen LogP contribution in [0.4, 0.5) is 11.4 Å². The fraction of sp³-hybridized carbons (Fsp3) is 0.440. The maximum Gasteiger partial charge on any atom is 0.225 e. The Morgan fingerprint density at radius 2 is 1.71 bits per heavy atom. The maximum atomic E-state index is 12.3. The number of carbonyl (C=O) groups is 1. The highest BCUT2D eigenvalue weighted by Crippen LogP contribution is 2.34. The van der Waals surface area contributed by atoms with Gasteiger partial charge in [-0.2, -0.15) is 5.10 Å². The van der Waals surface area contributed by atoms with Crippen LogP contribution in [0.2, 0.25) is 0 Å². The highest BCUT2D eigenvalue weighted by molar-refractivity contribution is 5.99. The van der Waals surface area contributed by atoms with Gasteiger partial charge in [0.25, 0.3) is 0 Å². The number of likely N-dealkylation sites (tertiary alicyclic amines) is 1. The second-order valence-corrected chi connectivity index (χ2v) is 9.18. The lowest BCUT2D eigenvalue weighted by atomic mass is 10.0. The first kappa shape index (κ1) is 19.9. The smallest absolute Gasteiger partial charge is 0.225 e. The van der Waals surface area contributed by atoms with Crippen molar-refractivity contribution in [2.24, 2.45) is 16.9 Å². The third kappa shape index (κ3) is 4.24. The van der Waals surface area contributed by atoms with Gasteiger partial charge >= 0.3 is 0 Å². The number of anilines is 2. The Morgan fingerprint density at radius 3 is 2.35 bits per heavy atom. The highest BCUT2D eigenvalue weighted by Gasteiger charge is 2.37. The molecular formula is C25H31N5O. The zero-order valence-electron chi connectivity index (χ0n) is 18.4. The third-order valence-corrected chi connectivity index (χ3v) is 6.64. The van der Waals surface area contributed by atoms with E-state index in [1.165, 1.54) is 16.8 Å². The van der Waals surface area contributed by atoms with Crippen molar-refractivity contribution in [2.45, 2.75) is 25.7 Å². The second kappa shape index (κ2) is 8.25. The Kier molecular flexibility index (Phi) is 5.30. The van der Waals surface area contributed by atoms with Crippen LogP contribution in [-0.4, -0.2) is 50.5 Å². The van der Waals surface area contributed by atoms with Gasteiger partial charge < -0.3 is 14.7 Å². The molecule has 1 saturated carbocycles. The first-order chi connectivity index (χ1) is 15.1. The lowest BCUT2D eigenvalue weighted by molar-refractivity contribution is -0.131. The van der Waals surface area contributed by atoms with Crippen molar-refractivity contribution in [3.8, 4) is 11.1 Å². The Morgan fingerprint density at radius 1 is 1.03 bits per heavy atom. The van der Waals surface area contributed by atoms with E-state index in [0.717, 1.165) is 50.3 Å². The van der Waals surface area contributed by atoms with Crippen LogP contribution < -0.4 is 15.2 Å². The molecule has 1 atom stereocenters. The van der Waals surface area contributed by atoms with Gasteiger partial charge in [0.05, 0.1) is 0 Å². The van der Waals surface area contributed by atoms with Crippen LogP contribution in [0, 0.1) is 11.8 Å². The highest BCUT2D eigenvalue weighted by atomic mass is 16.2. The van der Waals surface area contributed by atoms with Crippen LogP contribution in [0.3, 0.4) is 0 Å². The van der Waals surface area contributed by atoms with E-state index in [1.54, 1.807) is 0 Å². The molecule has 2 aromatic carbocycles. The molecule has 2 fully saturated rings. The molecule has 3 aliphatic rings. The molecule has 2 heterocycles. The molecule has 162 valence electrons. The van der Waals surface area contributed by atoms with Crippen LogP contribution >= 0.6 is 0 Å². The molecule has 2 aliphatic heterocycles. The van der Waals surface area contributed by atoms with Crippen LogP contribution in [0.5, 0.6) is 0 Å². The van der Waals surface area contributed by atoms with E-state index in [2.05, 4.69) is 87.9 Å². The van der Waals surface area contributed by atoms with Gasteiger partial charge in [-0.05, 0) is 60.6 Å². The summed E-state index contributed by atoms with van der Waals surface area (Å²) in [5, 5.41) is 4.57. The summed E-state index contributed by atoms with van der Waals surface area (Å²) in [5.41, 5.74) is 7.94. The zero-order chi connectivity index (χ0) is 21.4. The summed E-state index contributed by atoms with van der Waals surface area (Å²) < 4.78 is 0. The number of carbonyl (C=O) groups excluding carboxylic acids is 1. The Balaban J connectivity index is 1.22. The average molecular weight is 418 g/mol. The first-order valence-corrected chi connectivity index (χ1v) is 11.3. The number of rotatable bonds is 6. The number of nitrogens with zero attached hydrogens (tertiary/aromatic N) is 4. The van der Waals surface area contributed by atoms with Crippen LogP contribution in [-0.2, 0) is 4.79 Å². The summed E-state index contributed by atoms with van der Waals surface area (Å²) >= 11 is 0. The minimum absolute atomic E-state index is 0.318. The molecule has 1 amide bonds. The van der Waals surface area contributed by atoms with E-state index in [1.807, 2.05) is 0 Å². The van der Waals surface area contributed by atoms with Crippen molar-refractivity contribution in [2.75, 3.05) is 43.7 Å². The summed E-state index contributed by atoms with van der Waals surface area (Å²) in [7, 11) is 4.11. The number of benzene rings is 2. The number of nitrogens with one attached hydrogen (secondary N) is 1. The topological polar surface area (TPSA) is 51.2 Å². The normalized spacial score (nSPS) is 20.6. The molecular weight excluding hydrogens is 386 g/mol. The monoisotopic (exact) mass is 417 g/mol. The van der Waals surface area contributed by atoms with Gasteiger partial charge in [-0.25, -0.2) is 0 Å². The molecule has 1 saturated heterocycles. The van der Waals surface area contributed by atoms with Gasteiger partial charge in [0.15, 0.2) is 0 Å². The van der Waals surface area contributed by atoms with E-state index in [9.17, 15) is 4.79 Å². The molecule has 0 aromatic heterocycles.